The minimum Gasteiger partial charge on any atom is -0.505 e. The van der Waals surface area contributed by atoms with Crippen LogP contribution in [0.15, 0.2) is 54.3 Å². The molecule has 0 radical (unpaired) electrons. The Labute approximate surface area is 201 Å². The van der Waals surface area contributed by atoms with Gasteiger partial charge in [-0.3, -0.25) is 14.4 Å². The number of nitrogens with one attached hydrogen (secondary N) is 3. The predicted octanol–water partition coefficient (Wildman–Crippen LogP) is 3.40. The summed E-state index contributed by atoms with van der Waals surface area (Å²) in [5, 5.41) is 22.2. The molecule has 0 spiro atoms. The summed E-state index contributed by atoms with van der Waals surface area (Å²) in [4.78, 5) is 33.6. The van der Waals surface area contributed by atoms with E-state index in [1.54, 1.807) is 12.3 Å². The van der Waals surface area contributed by atoms with Crippen molar-refractivity contribution in [2.75, 3.05) is 25.2 Å². The number of hydrogen-bond donors (Lipinski definition) is 6. The van der Waals surface area contributed by atoms with Crippen LogP contribution < -0.4 is 10.6 Å². The quantitative estimate of drug-likeness (QED) is 0.123. The van der Waals surface area contributed by atoms with Crippen molar-refractivity contribution in [1.82, 2.24) is 10.3 Å². The Bertz CT molecular complexity index is 1050. The summed E-state index contributed by atoms with van der Waals surface area (Å²) in [5.74, 6) is -1.58. The van der Waals surface area contributed by atoms with Gasteiger partial charge in [0, 0.05) is 42.9 Å². The fraction of sp³-hybridized carbons (Fsp3) is 0.174. The lowest BCUT2D eigenvalue weighted by atomic mass is 10.2. The highest BCUT2D eigenvalue weighted by Gasteiger charge is 2.01. The van der Waals surface area contributed by atoms with E-state index >= 15 is 0 Å². The largest absolute Gasteiger partial charge is 0.505 e. The Morgan fingerprint density at radius 2 is 1.68 bits per heavy atom. The molecule has 0 bridgehead atoms. The second-order valence-corrected chi connectivity index (χ2v) is 6.05. The van der Waals surface area contributed by atoms with Crippen molar-refractivity contribution >= 4 is 48.2 Å². The normalized spacial score (nSPS) is 9.76. The molecule has 8 nitrogen and oxygen atoms in total. The number of rotatable bonds is 8. The monoisotopic (exact) mass is 495 g/mol. The van der Waals surface area contributed by atoms with Crippen molar-refractivity contribution in [3.8, 4) is 0 Å². The second kappa shape index (κ2) is 17.8. The molecule has 0 unspecified atom stereocenters. The van der Waals surface area contributed by atoms with E-state index < -0.39 is 11.6 Å². The van der Waals surface area contributed by atoms with Gasteiger partial charge in [0.1, 0.15) is 11.6 Å². The molecule has 0 aliphatic heterocycles. The van der Waals surface area contributed by atoms with E-state index in [0.29, 0.717) is 30.5 Å². The number of anilines is 1. The van der Waals surface area contributed by atoms with Crippen molar-refractivity contribution in [2.24, 2.45) is 0 Å². The molecule has 0 atom stereocenters. The first-order valence-electron chi connectivity index (χ1n) is 9.62. The first kappa shape index (κ1) is 30.3. The van der Waals surface area contributed by atoms with Gasteiger partial charge in [-0.2, -0.15) is 12.6 Å². The molecule has 34 heavy (non-hydrogen) atoms. The topological polar surface area (TPSA) is 132 Å². The van der Waals surface area contributed by atoms with Crippen molar-refractivity contribution in [1.29, 1.82) is 0 Å². The van der Waals surface area contributed by atoms with Gasteiger partial charge in [-0.15, -0.1) is 0 Å². The molecule has 0 aliphatic carbocycles. The zero-order chi connectivity index (χ0) is 25.9. The molecule has 184 valence electrons. The number of allylic oxidation sites excluding steroid dienone is 1. The number of aldehydes is 2. The van der Waals surface area contributed by atoms with E-state index in [0.717, 1.165) is 36.1 Å². The molecule has 0 saturated heterocycles. The highest BCUT2D eigenvalue weighted by Crippen LogP contribution is 2.19. The number of carbonyl (C=O) groups is 3. The highest BCUT2D eigenvalue weighted by atomic mass is 32.1. The Balaban J connectivity index is 0.000000592. The van der Waals surface area contributed by atoms with Gasteiger partial charge in [0.15, 0.2) is 18.3 Å². The van der Waals surface area contributed by atoms with Crippen LogP contribution in [0.25, 0.3) is 10.9 Å². The lowest BCUT2D eigenvalue weighted by Gasteiger charge is -2.03. The van der Waals surface area contributed by atoms with Crippen molar-refractivity contribution in [2.45, 2.75) is 6.54 Å². The van der Waals surface area contributed by atoms with Crippen LogP contribution in [0.5, 0.6) is 0 Å². The van der Waals surface area contributed by atoms with Crippen molar-refractivity contribution in [3.63, 3.8) is 0 Å². The van der Waals surface area contributed by atoms with Gasteiger partial charge in [-0.1, -0.05) is 0 Å². The maximum atomic E-state index is 12.5. The minimum atomic E-state index is -0.641. The molecule has 3 rings (SSSR count). The molecular weight excluding hydrogens is 468 g/mol. The summed E-state index contributed by atoms with van der Waals surface area (Å²) in [7, 11) is 1.00. The Morgan fingerprint density at radius 1 is 1.03 bits per heavy atom. The number of aromatic amines is 1. The molecular formula is C23H27F2N3O5S. The van der Waals surface area contributed by atoms with E-state index in [4.69, 9.17) is 10.2 Å². The molecule has 2 aromatic carbocycles. The Hall–Kier alpha value is -3.70. The zero-order valence-corrected chi connectivity index (χ0v) is 19.5. The summed E-state index contributed by atoms with van der Waals surface area (Å²) >= 11 is 3.53. The van der Waals surface area contributed by atoms with Crippen LogP contribution in [0.4, 0.5) is 14.5 Å². The maximum absolute atomic E-state index is 12.5. The van der Waals surface area contributed by atoms with Gasteiger partial charge in [0.25, 0.3) is 0 Å². The van der Waals surface area contributed by atoms with E-state index in [2.05, 4.69) is 28.2 Å². The van der Waals surface area contributed by atoms with Gasteiger partial charge in [-0.05, 0) is 54.3 Å². The van der Waals surface area contributed by atoms with Crippen LogP contribution in [-0.4, -0.2) is 54.1 Å². The van der Waals surface area contributed by atoms with Crippen LogP contribution >= 0.6 is 12.6 Å². The third kappa shape index (κ3) is 11.2. The summed E-state index contributed by atoms with van der Waals surface area (Å²) < 4.78 is 25.0. The fourth-order valence-electron chi connectivity index (χ4n) is 2.52. The highest BCUT2D eigenvalue weighted by molar-refractivity contribution is 7.79. The number of fused-ring (bicyclic) bond motifs is 1. The van der Waals surface area contributed by atoms with Gasteiger partial charge < -0.3 is 25.8 Å². The summed E-state index contributed by atoms with van der Waals surface area (Å²) in [6, 6.07) is 10.5. The van der Waals surface area contributed by atoms with Crippen LogP contribution in [0.3, 0.4) is 0 Å². The Morgan fingerprint density at radius 3 is 2.24 bits per heavy atom. The molecule has 1 heterocycles. The fourth-order valence-corrected chi connectivity index (χ4v) is 2.52. The minimum absolute atomic E-state index is 0.137. The molecule has 5 N–H and O–H groups in total. The molecule has 1 aromatic heterocycles. The van der Waals surface area contributed by atoms with Crippen molar-refractivity contribution in [3.05, 3.63) is 77.2 Å². The van der Waals surface area contributed by atoms with Crippen LogP contribution in [0, 0.1) is 11.6 Å². The average molecular weight is 496 g/mol. The van der Waals surface area contributed by atoms with Gasteiger partial charge in [0.2, 0.25) is 6.41 Å². The van der Waals surface area contributed by atoms with Crippen molar-refractivity contribution < 1.29 is 33.4 Å². The number of halogens is 2. The number of thiol groups is 1. The van der Waals surface area contributed by atoms with E-state index in [1.807, 2.05) is 18.2 Å². The van der Waals surface area contributed by atoms with Crippen LogP contribution in [0.1, 0.15) is 16.1 Å². The van der Waals surface area contributed by atoms with Crippen LogP contribution in [-0.2, 0) is 16.1 Å². The summed E-state index contributed by atoms with van der Waals surface area (Å²) in [6.07, 6.45) is 4.69. The molecule has 1 amide bonds. The average Bonchev–Trinajstić information content (AvgIpc) is 3.27. The van der Waals surface area contributed by atoms with Gasteiger partial charge in [-0.25, -0.2) is 8.78 Å². The molecule has 11 heteroatoms. The van der Waals surface area contributed by atoms with Crippen LogP contribution in [0.2, 0.25) is 0 Å². The first-order chi connectivity index (χ1) is 16.4. The molecule has 0 saturated carbocycles. The number of H-pyrrole nitrogens is 1. The summed E-state index contributed by atoms with van der Waals surface area (Å²) in [5.41, 5.74) is 2.66. The SMILES string of the molecule is CO.CS.O=C/C(O)=C\CNc1ccc2[nH]c(C=O)cc2c1.O=CNCc1cc(F)cc(F)c1. The number of hydrogen-bond acceptors (Lipinski definition) is 7. The summed E-state index contributed by atoms with van der Waals surface area (Å²) in [6.45, 7) is 0.485. The third-order valence-electron chi connectivity index (χ3n) is 3.82. The van der Waals surface area contributed by atoms with E-state index in [9.17, 15) is 23.2 Å². The van der Waals surface area contributed by atoms with E-state index in [1.165, 1.54) is 18.2 Å². The third-order valence-corrected chi connectivity index (χ3v) is 3.82. The first-order valence-corrected chi connectivity index (χ1v) is 10.5. The number of aliphatic hydroxyl groups excluding tert-OH is 2. The van der Waals surface area contributed by atoms with E-state index in [-0.39, 0.29) is 12.3 Å². The zero-order valence-electron chi connectivity index (χ0n) is 18.6. The Kier molecular flexibility index (Phi) is 15.9. The van der Waals surface area contributed by atoms with Gasteiger partial charge >= 0.3 is 0 Å². The smallest absolute Gasteiger partial charge is 0.207 e. The molecule has 0 fully saturated rings. The number of amides is 1. The maximum Gasteiger partial charge on any atom is 0.207 e. The predicted molar refractivity (Wildman–Crippen MR) is 131 cm³/mol. The molecule has 3 aromatic rings. The number of carbonyl (C=O) groups excluding carboxylic acids is 3. The lowest BCUT2D eigenvalue weighted by Crippen LogP contribution is -2.09. The molecule has 0 aliphatic rings. The lowest BCUT2D eigenvalue weighted by molar-refractivity contribution is -0.109. The second-order valence-electron chi connectivity index (χ2n) is 6.05. The number of aromatic nitrogens is 1. The van der Waals surface area contributed by atoms with Gasteiger partial charge in [0.05, 0.1) is 5.69 Å². The number of aliphatic hydroxyl groups is 2. The standard InChI is InChI=1S/C13H12N2O3.C8H7F2NO.CH4O.CH4S/c16-7-11-6-9-5-10(1-2-13(9)15-11)14-4-3-12(18)8-17;9-7-1-6(4-11-5-12)2-8(10)3-7;2*1-2/h1-3,5-8,14-15,18H,4H2;1-3,5H,4H2,(H,11,12);2*2H,1H3/b12-3+;;;. The number of benzene rings is 2.